The molecule has 3 aromatic rings. The van der Waals surface area contributed by atoms with Gasteiger partial charge < -0.3 is 9.84 Å². The average molecular weight is 341 g/mol. The van der Waals surface area contributed by atoms with E-state index >= 15 is 0 Å². The smallest absolute Gasteiger partial charge is 0.226 e. The summed E-state index contributed by atoms with van der Waals surface area (Å²) >= 11 is 5.96. The van der Waals surface area contributed by atoms with Crippen LogP contribution in [0.1, 0.15) is 30.1 Å². The lowest BCUT2D eigenvalue weighted by Crippen LogP contribution is -2.31. The van der Waals surface area contributed by atoms with Gasteiger partial charge in [-0.2, -0.15) is 0 Å². The van der Waals surface area contributed by atoms with Crippen LogP contribution in [-0.2, 0) is 11.2 Å². The highest BCUT2D eigenvalue weighted by Gasteiger charge is 2.33. The number of amides is 1. The lowest BCUT2D eigenvalue weighted by atomic mass is 10.0. The number of aromatic nitrogens is 1. The van der Waals surface area contributed by atoms with Crippen LogP contribution in [0.25, 0.3) is 11.0 Å². The first kappa shape index (κ1) is 15.2. The Bertz CT molecular complexity index is 868. The van der Waals surface area contributed by atoms with Crippen molar-refractivity contribution in [3.63, 3.8) is 0 Å². The van der Waals surface area contributed by atoms with Crippen molar-refractivity contribution in [1.29, 1.82) is 0 Å². The van der Waals surface area contributed by atoms with E-state index in [1.807, 2.05) is 48.5 Å². The van der Waals surface area contributed by atoms with Gasteiger partial charge in [-0.15, -0.1) is 0 Å². The van der Waals surface area contributed by atoms with Crippen LogP contribution >= 0.6 is 11.6 Å². The van der Waals surface area contributed by atoms with Crippen LogP contribution < -0.4 is 5.32 Å². The summed E-state index contributed by atoms with van der Waals surface area (Å²) in [7, 11) is 0. The highest BCUT2D eigenvalue weighted by molar-refractivity contribution is 6.30. The van der Waals surface area contributed by atoms with Crippen LogP contribution in [-0.4, -0.2) is 11.1 Å². The Labute approximate surface area is 144 Å². The Morgan fingerprint density at radius 3 is 2.71 bits per heavy atom. The summed E-state index contributed by atoms with van der Waals surface area (Å²) in [6, 6.07) is 15.3. The van der Waals surface area contributed by atoms with E-state index in [9.17, 15) is 4.79 Å². The number of carbonyl (C=O) groups is 1. The normalized spacial score (nSPS) is 15.4. The van der Waals surface area contributed by atoms with E-state index < -0.39 is 0 Å². The molecule has 1 aromatic heterocycles. The molecule has 5 heteroatoms. The minimum absolute atomic E-state index is 0.0351. The summed E-state index contributed by atoms with van der Waals surface area (Å²) in [6.45, 7) is 0. The number of hydrogen-bond acceptors (Lipinski definition) is 3. The molecular weight excluding hydrogens is 324 g/mol. The molecule has 24 heavy (non-hydrogen) atoms. The fourth-order valence-electron chi connectivity index (χ4n) is 3.02. The summed E-state index contributed by atoms with van der Waals surface area (Å²) in [5.74, 6) is 0.463. The zero-order valence-electron chi connectivity index (χ0n) is 13.0. The lowest BCUT2D eigenvalue weighted by Gasteiger charge is -2.18. The molecule has 0 radical (unpaired) electrons. The molecule has 1 saturated carbocycles. The molecule has 1 fully saturated rings. The molecule has 0 saturated heterocycles. The standard InChI is InChI=1S/C19H17ClN2O2/c20-14-9-7-13(8-10-14)19(12-5-6-12)21-18(23)11-16-15-3-1-2-4-17(15)24-22-16/h1-4,7-10,12,19H,5-6,11H2,(H,21,23). The van der Waals surface area contributed by atoms with Gasteiger partial charge in [0.2, 0.25) is 5.91 Å². The van der Waals surface area contributed by atoms with Gasteiger partial charge in [0, 0.05) is 10.4 Å². The topological polar surface area (TPSA) is 55.1 Å². The highest BCUT2D eigenvalue weighted by Crippen LogP contribution is 2.41. The fourth-order valence-corrected chi connectivity index (χ4v) is 3.14. The Hall–Kier alpha value is -2.33. The van der Waals surface area contributed by atoms with Crippen molar-refractivity contribution in [3.05, 3.63) is 64.8 Å². The molecule has 2 aromatic carbocycles. The van der Waals surface area contributed by atoms with Gasteiger partial charge in [-0.3, -0.25) is 4.79 Å². The van der Waals surface area contributed by atoms with E-state index in [0.717, 1.165) is 23.8 Å². The van der Waals surface area contributed by atoms with E-state index in [1.165, 1.54) is 0 Å². The van der Waals surface area contributed by atoms with E-state index in [-0.39, 0.29) is 18.4 Å². The van der Waals surface area contributed by atoms with Crippen LogP contribution in [0.15, 0.2) is 53.1 Å². The Morgan fingerprint density at radius 2 is 1.96 bits per heavy atom. The monoisotopic (exact) mass is 340 g/mol. The summed E-state index contributed by atoms with van der Waals surface area (Å²) in [6.07, 6.45) is 2.49. The van der Waals surface area contributed by atoms with E-state index in [4.69, 9.17) is 16.1 Å². The van der Waals surface area contributed by atoms with Gasteiger partial charge in [0.15, 0.2) is 5.58 Å². The maximum Gasteiger partial charge on any atom is 0.226 e. The molecule has 0 bridgehead atoms. The molecule has 4 rings (SSSR count). The van der Waals surface area contributed by atoms with Crippen LogP contribution in [0, 0.1) is 5.92 Å². The highest BCUT2D eigenvalue weighted by atomic mass is 35.5. The number of nitrogens with one attached hydrogen (secondary N) is 1. The minimum Gasteiger partial charge on any atom is -0.356 e. The van der Waals surface area contributed by atoms with Crippen LogP contribution in [0.5, 0.6) is 0 Å². The zero-order chi connectivity index (χ0) is 16.5. The largest absolute Gasteiger partial charge is 0.356 e. The van der Waals surface area contributed by atoms with Crippen LogP contribution in [0.4, 0.5) is 0 Å². The van der Waals surface area contributed by atoms with Crippen molar-refractivity contribution >= 4 is 28.5 Å². The van der Waals surface area contributed by atoms with Gasteiger partial charge in [0.1, 0.15) is 5.69 Å². The van der Waals surface area contributed by atoms with Crippen molar-refractivity contribution in [2.45, 2.75) is 25.3 Å². The number of carbonyl (C=O) groups excluding carboxylic acids is 1. The molecule has 4 nitrogen and oxygen atoms in total. The third-order valence-electron chi connectivity index (χ3n) is 4.42. The molecule has 1 N–H and O–H groups in total. The number of nitrogens with zero attached hydrogens (tertiary/aromatic N) is 1. The number of rotatable bonds is 5. The number of para-hydroxylation sites is 1. The zero-order valence-corrected chi connectivity index (χ0v) is 13.8. The van der Waals surface area contributed by atoms with Crippen molar-refractivity contribution < 1.29 is 9.32 Å². The number of halogens is 1. The number of hydrogen-bond donors (Lipinski definition) is 1. The molecule has 1 atom stereocenters. The van der Waals surface area contributed by atoms with Gasteiger partial charge >= 0.3 is 0 Å². The summed E-state index contributed by atoms with van der Waals surface area (Å²) in [5.41, 5.74) is 2.48. The predicted molar refractivity (Wildman–Crippen MR) is 92.8 cm³/mol. The maximum atomic E-state index is 12.5. The van der Waals surface area contributed by atoms with E-state index in [0.29, 0.717) is 22.2 Å². The first-order valence-electron chi connectivity index (χ1n) is 8.09. The molecule has 1 aliphatic rings. The van der Waals surface area contributed by atoms with Gasteiger partial charge in [0.05, 0.1) is 12.5 Å². The summed E-state index contributed by atoms with van der Waals surface area (Å²) in [4.78, 5) is 12.5. The third kappa shape index (κ3) is 3.15. The van der Waals surface area contributed by atoms with E-state index in [2.05, 4.69) is 10.5 Å². The van der Waals surface area contributed by atoms with E-state index in [1.54, 1.807) is 0 Å². The first-order valence-corrected chi connectivity index (χ1v) is 8.46. The van der Waals surface area contributed by atoms with Gasteiger partial charge in [-0.1, -0.05) is 41.0 Å². The van der Waals surface area contributed by atoms with Gasteiger partial charge in [0.25, 0.3) is 0 Å². The second-order valence-corrected chi connectivity index (χ2v) is 6.67. The molecule has 0 aliphatic heterocycles. The second kappa shape index (κ2) is 6.29. The average Bonchev–Trinajstić information content (AvgIpc) is 3.36. The third-order valence-corrected chi connectivity index (χ3v) is 4.67. The molecule has 1 amide bonds. The Morgan fingerprint density at radius 1 is 1.21 bits per heavy atom. The molecule has 1 heterocycles. The molecular formula is C19H17ClN2O2. The molecule has 1 unspecified atom stereocenters. The van der Waals surface area contributed by atoms with Crippen LogP contribution in [0.3, 0.4) is 0 Å². The fraction of sp³-hybridized carbons (Fsp3) is 0.263. The molecule has 1 aliphatic carbocycles. The maximum absolute atomic E-state index is 12.5. The number of benzene rings is 2. The molecule has 0 spiro atoms. The summed E-state index contributed by atoms with van der Waals surface area (Å²) in [5, 5.41) is 8.78. The van der Waals surface area contributed by atoms with Gasteiger partial charge in [-0.05, 0) is 48.6 Å². The minimum atomic E-state index is -0.0408. The predicted octanol–water partition coefficient (Wildman–Crippen LogP) is 4.29. The second-order valence-electron chi connectivity index (χ2n) is 6.24. The first-order chi connectivity index (χ1) is 11.7. The SMILES string of the molecule is O=C(Cc1noc2ccccc12)NC(c1ccc(Cl)cc1)C1CC1. The van der Waals surface area contributed by atoms with Crippen molar-refractivity contribution in [1.82, 2.24) is 10.5 Å². The van der Waals surface area contributed by atoms with Crippen molar-refractivity contribution in [3.8, 4) is 0 Å². The van der Waals surface area contributed by atoms with Crippen molar-refractivity contribution in [2.24, 2.45) is 5.92 Å². The Balaban J connectivity index is 1.50. The van der Waals surface area contributed by atoms with Crippen molar-refractivity contribution in [2.75, 3.05) is 0 Å². The lowest BCUT2D eigenvalue weighted by molar-refractivity contribution is -0.121. The van der Waals surface area contributed by atoms with Crippen LogP contribution in [0.2, 0.25) is 5.02 Å². The summed E-state index contributed by atoms with van der Waals surface area (Å²) < 4.78 is 5.27. The quantitative estimate of drug-likeness (QED) is 0.753. The Kier molecular flexibility index (Phi) is 3.98. The van der Waals surface area contributed by atoms with Gasteiger partial charge in [-0.25, -0.2) is 0 Å². The number of fused-ring (bicyclic) bond motifs is 1. The molecule has 122 valence electrons.